The molecule has 0 aliphatic carbocycles. The third-order valence-corrected chi connectivity index (χ3v) is 5.75. The molecule has 0 bridgehead atoms. The summed E-state index contributed by atoms with van der Waals surface area (Å²) in [7, 11) is 0. The van der Waals surface area contributed by atoms with E-state index < -0.39 is 6.61 Å². The van der Waals surface area contributed by atoms with Crippen LogP contribution in [0.3, 0.4) is 0 Å². The Kier molecular flexibility index (Phi) is 7.31. The smallest absolute Gasteiger partial charge is 0.387 e. The SMILES string of the molecule is CCCOc1c2ccccc2c(OC(F)F)c2cn(-c3ccc(CC(=O)OCC)cc3Cl)c(O)c12. The van der Waals surface area contributed by atoms with Gasteiger partial charge in [-0.1, -0.05) is 48.9 Å². The Hall–Kier alpha value is -3.52. The minimum Gasteiger partial charge on any atom is -0.494 e. The van der Waals surface area contributed by atoms with Crippen LogP contribution < -0.4 is 9.47 Å². The molecular weight excluding hydrogens is 480 g/mol. The lowest BCUT2D eigenvalue weighted by Gasteiger charge is -2.15. The summed E-state index contributed by atoms with van der Waals surface area (Å²) in [5, 5.41) is 13.0. The van der Waals surface area contributed by atoms with Gasteiger partial charge >= 0.3 is 12.6 Å². The number of alkyl halides is 2. The predicted molar refractivity (Wildman–Crippen MR) is 130 cm³/mol. The van der Waals surface area contributed by atoms with Crippen LogP contribution in [0.1, 0.15) is 25.8 Å². The molecule has 184 valence electrons. The van der Waals surface area contributed by atoms with Crippen molar-refractivity contribution in [3.8, 4) is 23.1 Å². The first-order valence-electron chi connectivity index (χ1n) is 11.2. The Balaban J connectivity index is 1.93. The second kappa shape index (κ2) is 10.4. The summed E-state index contributed by atoms with van der Waals surface area (Å²) in [4.78, 5) is 11.8. The number of carbonyl (C=O) groups excluding carboxylic acids is 1. The summed E-state index contributed by atoms with van der Waals surface area (Å²) in [6.45, 7) is 1.23. The fourth-order valence-corrected chi connectivity index (χ4v) is 4.33. The van der Waals surface area contributed by atoms with Gasteiger partial charge < -0.3 is 19.3 Å². The molecule has 3 aromatic carbocycles. The third kappa shape index (κ3) is 4.84. The lowest BCUT2D eigenvalue weighted by molar-refractivity contribution is -0.142. The van der Waals surface area contributed by atoms with Crippen molar-refractivity contribution in [3.63, 3.8) is 0 Å². The molecule has 6 nitrogen and oxygen atoms in total. The monoisotopic (exact) mass is 503 g/mol. The molecule has 0 aliphatic rings. The topological polar surface area (TPSA) is 69.9 Å². The van der Waals surface area contributed by atoms with Crippen molar-refractivity contribution < 1.29 is 32.9 Å². The number of carbonyl (C=O) groups is 1. The maximum Gasteiger partial charge on any atom is 0.387 e. The Morgan fingerprint density at radius 1 is 1.09 bits per heavy atom. The van der Waals surface area contributed by atoms with E-state index in [4.69, 9.17) is 25.8 Å². The number of benzene rings is 3. The number of halogens is 3. The van der Waals surface area contributed by atoms with Gasteiger partial charge in [-0.3, -0.25) is 9.36 Å². The maximum atomic E-state index is 13.4. The van der Waals surface area contributed by atoms with E-state index in [-0.39, 0.29) is 46.4 Å². The first-order chi connectivity index (χ1) is 16.8. The van der Waals surface area contributed by atoms with Gasteiger partial charge in [-0.15, -0.1) is 0 Å². The zero-order valence-corrected chi connectivity index (χ0v) is 19.9. The molecular formula is C26H24ClF2NO5. The van der Waals surface area contributed by atoms with Crippen molar-refractivity contribution in [2.75, 3.05) is 13.2 Å². The van der Waals surface area contributed by atoms with Gasteiger partial charge in [0.05, 0.1) is 41.1 Å². The van der Waals surface area contributed by atoms with E-state index in [9.17, 15) is 18.7 Å². The second-order valence-corrected chi connectivity index (χ2v) is 8.22. The van der Waals surface area contributed by atoms with E-state index in [1.165, 1.54) is 10.8 Å². The third-order valence-electron chi connectivity index (χ3n) is 5.45. The van der Waals surface area contributed by atoms with Gasteiger partial charge in [-0.05, 0) is 31.0 Å². The summed E-state index contributed by atoms with van der Waals surface area (Å²) < 4.78 is 44.1. The summed E-state index contributed by atoms with van der Waals surface area (Å²) in [5.41, 5.74) is 1.02. The highest BCUT2D eigenvalue weighted by Crippen LogP contribution is 2.48. The largest absolute Gasteiger partial charge is 0.494 e. The Labute approximate surface area is 205 Å². The normalized spacial score (nSPS) is 11.4. The zero-order chi connectivity index (χ0) is 25.1. The molecule has 0 fully saturated rings. The first-order valence-corrected chi connectivity index (χ1v) is 11.5. The average molecular weight is 504 g/mol. The summed E-state index contributed by atoms with van der Waals surface area (Å²) >= 11 is 6.51. The second-order valence-electron chi connectivity index (χ2n) is 7.81. The van der Waals surface area contributed by atoms with Crippen LogP contribution >= 0.6 is 11.6 Å². The van der Waals surface area contributed by atoms with Gasteiger partial charge in [0.1, 0.15) is 11.5 Å². The van der Waals surface area contributed by atoms with Gasteiger partial charge in [0.2, 0.25) is 5.88 Å². The summed E-state index contributed by atoms with van der Waals surface area (Å²) in [6, 6.07) is 11.8. The summed E-state index contributed by atoms with van der Waals surface area (Å²) in [5.74, 6) is -0.330. The minimum absolute atomic E-state index is 0.0419. The number of nitrogens with zero attached hydrogens (tertiary/aromatic N) is 1. The molecule has 0 radical (unpaired) electrons. The molecule has 0 saturated carbocycles. The minimum atomic E-state index is -3.07. The van der Waals surface area contributed by atoms with Crippen LogP contribution in [-0.2, 0) is 16.0 Å². The van der Waals surface area contributed by atoms with Crippen LogP contribution in [0, 0.1) is 0 Å². The molecule has 0 saturated heterocycles. The van der Waals surface area contributed by atoms with E-state index in [0.29, 0.717) is 40.8 Å². The number of ether oxygens (including phenoxy) is 3. The van der Waals surface area contributed by atoms with E-state index in [2.05, 4.69) is 0 Å². The van der Waals surface area contributed by atoms with Gasteiger partial charge in [0.25, 0.3) is 0 Å². The van der Waals surface area contributed by atoms with Crippen molar-refractivity contribution in [2.45, 2.75) is 33.3 Å². The van der Waals surface area contributed by atoms with Crippen molar-refractivity contribution in [2.24, 2.45) is 0 Å². The van der Waals surface area contributed by atoms with Crippen LogP contribution in [-0.4, -0.2) is 35.5 Å². The lowest BCUT2D eigenvalue weighted by atomic mass is 10.0. The standard InChI is InChI=1S/C26H24ClF2NO5/c1-3-11-34-24-17-8-6-5-7-16(17)23(35-26(28)29)18-14-30(25(32)22(18)24)20-10-9-15(12-19(20)27)13-21(31)33-4-2/h5-10,12,14,26,32H,3-4,11,13H2,1-2H3. The number of aromatic nitrogens is 1. The number of fused-ring (bicyclic) bond motifs is 2. The number of hydrogen-bond acceptors (Lipinski definition) is 5. The van der Waals surface area contributed by atoms with Gasteiger partial charge in [-0.2, -0.15) is 8.78 Å². The van der Waals surface area contributed by atoms with Crippen LogP contribution in [0.4, 0.5) is 8.78 Å². The molecule has 1 heterocycles. The number of aromatic hydroxyl groups is 1. The van der Waals surface area contributed by atoms with E-state index in [0.717, 1.165) is 0 Å². The van der Waals surface area contributed by atoms with Gasteiger partial charge in [0.15, 0.2) is 0 Å². The lowest BCUT2D eigenvalue weighted by Crippen LogP contribution is -2.07. The van der Waals surface area contributed by atoms with Gasteiger partial charge in [-0.25, -0.2) is 0 Å². The summed E-state index contributed by atoms with van der Waals surface area (Å²) in [6.07, 6.45) is 2.24. The van der Waals surface area contributed by atoms with E-state index >= 15 is 0 Å². The molecule has 35 heavy (non-hydrogen) atoms. The first kappa shape index (κ1) is 24.6. The molecule has 0 aliphatic heterocycles. The highest BCUT2D eigenvalue weighted by Gasteiger charge is 2.25. The van der Waals surface area contributed by atoms with E-state index in [1.807, 2.05) is 6.92 Å². The van der Waals surface area contributed by atoms with Gasteiger partial charge in [0, 0.05) is 17.0 Å². The van der Waals surface area contributed by atoms with Crippen LogP contribution in [0.5, 0.6) is 17.4 Å². The van der Waals surface area contributed by atoms with Crippen molar-refractivity contribution in [3.05, 3.63) is 59.2 Å². The fraction of sp³-hybridized carbons (Fsp3) is 0.269. The molecule has 1 aromatic heterocycles. The van der Waals surface area contributed by atoms with Crippen LogP contribution in [0.15, 0.2) is 48.7 Å². The highest BCUT2D eigenvalue weighted by atomic mass is 35.5. The Morgan fingerprint density at radius 2 is 1.80 bits per heavy atom. The number of rotatable bonds is 9. The molecule has 4 rings (SSSR count). The average Bonchev–Trinajstić information content (AvgIpc) is 3.15. The van der Waals surface area contributed by atoms with Crippen molar-refractivity contribution in [1.29, 1.82) is 0 Å². The number of esters is 1. The fourth-order valence-electron chi connectivity index (χ4n) is 4.04. The highest BCUT2D eigenvalue weighted by molar-refractivity contribution is 6.32. The Morgan fingerprint density at radius 3 is 2.43 bits per heavy atom. The molecule has 0 amide bonds. The quantitative estimate of drug-likeness (QED) is 0.259. The van der Waals surface area contributed by atoms with Crippen molar-refractivity contribution >= 4 is 39.1 Å². The molecule has 1 N–H and O–H groups in total. The Bertz CT molecular complexity index is 1390. The molecule has 9 heteroatoms. The maximum absolute atomic E-state index is 13.4. The number of hydrogen-bond donors (Lipinski definition) is 1. The predicted octanol–water partition coefficient (Wildman–Crippen LogP) is 6.64. The van der Waals surface area contributed by atoms with E-state index in [1.54, 1.807) is 49.4 Å². The van der Waals surface area contributed by atoms with Crippen LogP contribution in [0.2, 0.25) is 5.02 Å². The van der Waals surface area contributed by atoms with Crippen molar-refractivity contribution in [1.82, 2.24) is 4.57 Å². The van der Waals surface area contributed by atoms with Crippen LogP contribution in [0.25, 0.3) is 27.2 Å². The zero-order valence-electron chi connectivity index (χ0n) is 19.2. The molecule has 4 aromatic rings. The molecule has 0 spiro atoms. The molecule has 0 unspecified atom stereocenters. The molecule has 0 atom stereocenters.